The second kappa shape index (κ2) is 6.10. The van der Waals surface area contributed by atoms with Gasteiger partial charge in [-0.3, -0.25) is 4.90 Å². The first-order valence-corrected chi connectivity index (χ1v) is 6.98. The van der Waals surface area contributed by atoms with Crippen LogP contribution in [0.1, 0.15) is 30.4 Å². The van der Waals surface area contributed by atoms with E-state index in [9.17, 15) is 13.2 Å². The van der Waals surface area contributed by atoms with E-state index in [1.165, 1.54) is 12.1 Å². The van der Waals surface area contributed by atoms with Gasteiger partial charge in [-0.2, -0.15) is 13.2 Å². The van der Waals surface area contributed by atoms with Crippen LogP contribution in [-0.2, 0) is 12.7 Å². The van der Waals surface area contributed by atoms with Crippen molar-refractivity contribution < 1.29 is 13.2 Å². The van der Waals surface area contributed by atoms with Gasteiger partial charge in [-0.05, 0) is 31.0 Å². The third-order valence-corrected chi connectivity index (χ3v) is 3.85. The maximum atomic E-state index is 12.7. The van der Waals surface area contributed by atoms with Gasteiger partial charge in [-0.1, -0.05) is 36.8 Å². The van der Waals surface area contributed by atoms with Gasteiger partial charge < -0.3 is 5.73 Å². The molecule has 2 N–H and O–H groups in total. The number of nitrogens with two attached hydrogens (primary N) is 1. The highest BCUT2D eigenvalue weighted by atomic mass is 32.1. The van der Waals surface area contributed by atoms with E-state index in [1.807, 2.05) is 0 Å². The lowest BCUT2D eigenvalue weighted by molar-refractivity contribution is -0.137. The number of benzene rings is 1. The summed E-state index contributed by atoms with van der Waals surface area (Å²) < 4.78 is 38.1. The van der Waals surface area contributed by atoms with Gasteiger partial charge in [0, 0.05) is 6.54 Å². The molecule has 1 aliphatic rings. The zero-order valence-corrected chi connectivity index (χ0v) is 11.8. The summed E-state index contributed by atoms with van der Waals surface area (Å²) in [5, 5.41) is 0. The molecule has 0 saturated carbocycles. The van der Waals surface area contributed by atoms with Crippen molar-refractivity contribution in [3.05, 3.63) is 35.4 Å². The molecule has 1 aromatic carbocycles. The van der Waals surface area contributed by atoms with Crippen LogP contribution in [0.2, 0.25) is 0 Å². The first-order chi connectivity index (χ1) is 9.38. The summed E-state index contributed by atoms with van der Waals surface area (Å²) >= 11 is 5.05. The van der Waals surface area contributed by atoms with E-state index < -0.39 is 11.7 Å². The molecule has 0 aliphatic carbocycles. The van der Waals surface area contributed by atoms with Crippen molar-refractivity contribution in [1.29, 1.82) is 0 Å². The Balaban J connectivity index is 2.14. The Labute approximate surface area is 121 Å². The number of hydrogen-bond acceptors (Lipinski definition) is 2. The minimum absolute atomic E-state index is 0.00621. The third kappa shape index (κ3) is 3.70. The molecule has 1 aromatic rings. The lowest BCUT2D eigenvalue weighted by Crippen LogP contribution is -2.46. The lowest BCUT2D eigenvalue weighted by atomic mass is 10.0. The molecule has 1 unspecified atom stereocenters. The molecule has 1 saturated heterocycles. The van der Waals surface area contributed by atoms with Gasteiger partial charge in [-0.25, -0.2) is 0 Å². The summed E-state index contributed by atoms with van der Waals surface area (Å²) in [6.07, 6.45) is -1.34. The van der Waals surface area contributed by atoms with E-state index >= 15 is 0 Å². The van der Waals surface area contributed by atoms with Crippen LogP contribution >= 0.6 is 12.2 Å². The van der Waals surface area contributed by atoms with Gasteiger partial charge >= 0.3 is 6.18 Å². The smallest absolute Gasteiger partial charge is 0.392 e. The summed E-state index contributed by atoms with van der Waals surface area (Å²) in [5.74, 6) is 0. The van der Waals surface area contributed by atoms with Crippen LogP contribution in [0.5, 0.6) is 0 Å². The van der Waals surface area contributed by atoms with Gasteiger partial charge in [0.25, 0.3) is 0 Å². The molecule has 110 valence electrons. The minimum atomic E-state index is -4.31. The standard InChI is InChI=1S/C14H17F3N2S/c15-14(16,17)11-5-3-4-10(8-11)9-19-7-2-1-6-12(19)13(18)20/h3-5,8,12H,1-2,6-7,9H2,(H2,18,20). The van der Waals surface area contributed by atoms with Crippen LogP contribution in [0.15, 0.2) is 24.3 Å². The van der Waals surface area contributed by atoms with E-state index in [2.05, 4.69) is 4.90 Å². The highest BCUT2D eigenvalue weighted by Crippen LogP contribution is 2.30. The largest absolute Gasteiger partial charge is 0.416 e. The Morgan fingerprint density at radius 3 is 2.75 bits per heavy atom. The lowest BCUT2D eigenvalue weighted by Gasteiger charge is -2.35. The van der Waals surface area contributed by atoms with Crippen LogP contribution in [0.3, 0.4) is 0 Å². The Hall–Kier alpha value is -1.14. The Morgan fingerprint density at radius 1 is 1.35 bits per heavy atom. The van der Waals surface area contributed by atoms with Crippen LogP contribution in [-0.4, -0.2) is 22.5 Å². The monoisotopic (exact) mass is 302 g/mol. The molecule has 2 nitrogen and oxygen atoms in total. The van der Waals surface area contributed by atoms with Crippen LogP contribution in [0, 0.1) is 0 Å². The number of halogens is 3. The highest BCUT2D eigenvalue weighted by Gasteiger charge is 2.31. The maximum Gasteiger partial charge on any atom is 0.416 e. The summed E-state index contributed by atoms with van der Waals surface area (Å²) in [5.41, 5.74) is 5.75. The fraction of sp³-hybridized carbons (Fsp3) is 0.500. The second-order valence-electron chi connectivity index (χ2n) is 5.08. The summed E-state index contributed by atoms with van der Waals surface area (Å²) in [6, 6.07) is 5.43. The number of likely N-dealkylation sites (tertiary alicyclic amines) is 1. The van der Waals surface area contributed by atoms with Gasteiger partial charge in [0.15, 0.2) is 0 Å². The molecule has 20 heavy (non-hydrogen) atoms. The van der Waals surface area contributed by atoms with Gasteiger partial charge in [0.2, 0.25) is 0 Å². The molecule has 1 heterocycles. The van der Waals surface area contributed by atoms with E-state index in [1.54, 1.807) is 6.07 Å². The van der Waals surface area contributed by atoms with Crippen molar-refractivity contribution in [2.45, 2.75) is 38.0 Å². The molecule has 2 rings (SSSR count). The predicted octanol–water partition coefficient (Wildman–Crippen LogP) is 3.35. The van der Waals surface area contributed by atoms with Crippen molar-refractivity contribution in [1.82, 2.24) is 4.90 Å². The summed E-state index contributed by atoms with van der Waals surface area (Å²) in [4.78, 5) is 2.50. The average molecular weight is 302 g/mol. The number of alkyl halides is 3. The first-order valence-electron chi connectivity index (χ1n) is 6.57. The SMILES string of the molecule is NC(=S)C1CCCCN1Cc1cccc(C(F)(F)F)c1. The van der Waals surface area contributed by atoms with Gasteiger partial charge in [0.05, 0.1) is 16.6 Å². The number of piperidine rings is 1. The average Bonchev–Trinajstić information content (AvgIpc) is 2.38. The van der Waals surface area contributed by atoms with Crippen molar-refractivity contribution in [3.8, 4) is 0 Å². The molecule has 0 spiro atoms. The molecular weight excluding hydrogens is 285 g/mol. The number of hydrogen-bond donors (Lipinski definition) is 1. The van der Waals surface area contributed by atoms with E-state index in [-0.39, 0.29) is 6.04 Å². The van der Waals surface area contributed by atoms with Gasteiger partial charge in [-0.15, -0.1) is 0 Å². The molecule has 0 amide bonds. The Morgan fingerprint density at radius 2 is 2.10 bits per heavy atom. The van der Waals surface area contributed by atoms with Gasteiger partial charge in [0.1, 0.15) is 0 Å². The number of nitrogens with zero attached hydrogens (tertiary/aromatic N) is 1. The summed E-state index contributed by atoms with van der Waals surface area (Å²) in [7, 11) is 0. The van der Waals surface area contributed by atoms with Crippen molar-refractivity contribution >= 4 is 17.2 Å². The predicted molar refractivity (Wildman–Crippen MR) is 76.3 cm³/mol. The third-order valence-electron chi connectivity index (χ3n) is 3.58. The zero-order chi connectivity index (χ0) is 14.8. The molecule has 1 atom stereocenters. The molecule has 0 bridgehead atoms. The Kier molecular flexibility index (Phi) is 4.65. The maximum absolute atomic E-state index is 12.7. The molecule has 1 fully saturated rings. The minimum Gasteiger partial charge on any atom is -0.392 e. The zero-order valence-electron chi connectivity index (χ0n) is 11.0. The van der Waals surface area contributed by atoms with Crippen LogP contribution in [0.25, 0.3) is 0 Å². The van der Waals surface area contributed by atoms with Crippen molar-refractivity contribution in [3.63, 3.8) is 0 Å². The molecular formula is C14H17F3N2S. The fourth-order valence-electron chi connectivity index (χ4n) is 2.58. The molecule has 0 radical (unpaired) electrons. The van der Waals surface area contributed by atoms with E-state index in [4.69, 9.17) is 18.0 Å². The first kappa shape index (κ1) is 15.3. The van der Waals surface area contributed by atoms with E-state index in [0.717, 1.165) is 31.9 Å². The second-order valence-corrected chi connectivity index (χ2v) is 5.55. The highest BCUT2D eigenvalue weighted by molar-refractivity contribution is 7.80. The quantitative estimate of drug-likeness (QED) is 0.868. The number of thiocarbonyl (C=S) groups is 1. The normalized spacial score (nSPS) is 20.9. The van der Waals surface area contributed by atoms with E-state index in [0.29, 0.717) is 17.1 Å². The topological polar surface area (TPSA) is 29.3 Å². The Bertz CT molecular complexity index is 488. The van der Waals surface area contributed by atoms with Crippen molar-refractivity contribution in [2.75, 3.05) is 6.54 Å². The summed E-state index contributed by atoms with van der Waals surface area (Å²) in [6.45, 7) is 1.27. The number of rotatable bonds is 3. The molecule has 6 heteroatoms. The van der Waals surface area contributed by atoms with Crippen molar-refractivity contribution in [2.24, 2.45) is 5.73 Å². The fourth-order valence-corrected chi connectivity index (χ4v) is 2.85. The molecule has 0 aromatic heterocycles. The molecule has 1 aliphatic heterocycles. The van der Waals surface area contributed by atoms with Crippen LogP contribution in [0.4, 0.5) is 13.2 Å². The van der Waals surface area contributed by atoms with Crippen LogP contribution < -0.4 is 5.73 Å².